The van der Waals surface area contributed by atoms with Crippen LogP contribution in [0, 0.1) is 12.7 Å². The van der Waals surface area contributed by atoms with E-state index in [1.807, 2.05) is 36.2 Å². The number of halogens is 1. The molecule has 0 saturated carbocycles. The van der Waals surface area contributed by atoms with Crippen LogP contribution < -0.4 is 14.8 Å². The predicted octanol–water partition coefficient (Wildman–Crippen LogP) is 4.02. The maximum Gasteiger partial charge on any atom is 0.173 e. The molecule has 2 aromatic carbocycles. The molecule has 0 amide bonds. The fourth-order valence-corrected chi connectivity index (χ4v) is 2.53. The first-order chi connectivity index (χ1) is 11.9. The first-order valence-corrected chi connectivity index (χ1v) is 8.34. The lowest BCUT2D eigenvalue weighted by Crippen LogP contribution is -2.32. The lowest BCUT2D eigenvalue weighted by Gasteiger charge is -2.21. The van der Waals surface area contributed by atoms with Crippen LogP contribution in [0.1, 0.15) is 11.1 Å². The van der Waals surface area contributed by atoms with Crippen molar-refractivity contribution in [3.63, 3.8) is 0 Å². The third kappa shape index (κ3) is 5.06. The second kappa shape index (κ2) is 8.67. The van der Waals surface area contributed by atoms with Crippen molar-refractivity contribution in [1.29, 1.82) is 0 Å². The summed E-state index contributed by atoms with van der Waals surface area (Å²) in [6.07, 6.45) is 0.793. The Labute approximate surface area is 153 Å². The summed E-state index contributed by atoms with van der Waals surface area (Å²) in [7, 11) is 5.14. The SMILES string of the molecule is COc1ccc(CCN(C)C(=S)Nc2ccc(C)c(F)c2)cc1OC. The molecule has 0 saturated heterocycles. The lowest BCUT2D eigenvalue weighted by atomic mass is 10.1. The average Bonchev–Trinajstić information content (AvgIpc) is 2.62. The fourth-order valence-electron chi connectivity index (χ4n) is 2.32. The van der Waals surface area contributed by atoms with Crippen molar-refractivity contribution in [2.75, 3.05) is 33.1 Å². The number of aryl methyl sites for hydroxylation is 1. The van der Waals surface area contributed by atoms with E-state index in [1.165, 1.54) is 6.07 Å². The highest BCUT2D eigenvalue weighted by Gasteiger charge is 2.09. The first-order valence-electron chi connectivity index (χ1n) is 7.93. The van der Waals surface area contributed by atoms with Crippen LogP contribution in [0.4, 0.5) is 10.1 Å². The van der Waals surface area contributed by atoms with E-state index in [0.717, 1.165) is 18.5 Å². The molecule has 4 nitrogen and oxygen atoms in total. The Kier molecular flexibility index (Phi) is 6.58. The zero-order valence-electron chi connectivity index (χ0n) is 14.9. The van der Waals surface area contributed by atoms with Gasteiger partial charge in [-0.25, -0.2) is 4.39 Å². The standard InChI is InChI=1S/C19H23FN2O2S/c1-13-5-7-15(12-16(13)20)21-19(25)22(2)10-9-14-6-8-17(23-3)18(11-14)24-4/h5-8,11-12H,9-10H2,1-4H3,(H,21,25). The number of thiocarbonyl (C=S) groups is 1. The van der Waals surface area contributed by atoms with Gasteiger partial charge in [0.15, 0.2) is 16.6 Å². The van der Waals surface area contributed by atoms with Gasteiger partial charge in [0.25, 0.3) is 0 Å². The van der Waals surface area contributed by atoms with Crippen LogP contribution in [-0.2, 0) is 6.42 Å². The molecule has 0 bridgehead atoms. The Bertz CT molecular complexity index is 752. The maximum absolute atomic E-state index is 13.6. The van der Waals surface area contributed by atoms with Crippen LogP contribution in [0.5, 0.6) is 11.5 Å². The zero-order chi connectivity index (χ0) is 18.4. The second-order valence-corrected chi connectivity index (χ2v) is 6.14. The number of nitrogens with zero attached hydrogens (tertiary/aromatic N) is 1. The zero-order valence-corrected chi connectivity index (χ0v) is 15.7. The Balaban J connectivity index is 1.93. The molecule has 2 rings (SSSR count). The minimum absolute atomic E-state index is 0.249. The number of anilines is 1. The lowest BCUT2D eigenvalue weighted by molar-refractivity contribution is 0.354. The molecular weight excluding hydrogens is 339 g/mol. The number of hydrogen-bond donors (Lipinski definition) is 1. The molecule has 0 atom stereocenters. The maximum atomic E-state index is 13.6. The second-order valence-electron chi connectivity index (χ2n) is 5.76. The highest BCUT2D eigenvalue weighted by atomic mass is 32.1. The smallest absolute Gasteiger partial charge is 0.173 e. The van der Waals surface area contributed by atoms with Gasteiger partial charge in [-0.2, -0.15) is 0 Å². The molecular formula is C19H23FN2O2S. The summed E-state index contributed by atoms with van der Waals surface area (Å²) in [4.78, 5) is 1.92. The number of ether oxygens (including phenoxy) is 2. The molecule has 0 heterocycles. The Morgan fingerprint density at radius 1 is 1.12 bits per heavy atom. The number of hydrogen-bond acceptors (Lipinski definition) is 3. The average molecular weight is 362 g/mol. The quantitative estimate of drug-likeness (QED) is 0.785. The molecule has 0 unspecified atom stereocenters. The summed E-state index contributed by atoms with van der Waals surface area (Å²) < 4.78 is 24.2. The molecule has 0 aliphatic rings. The van der Waals surface area contributed by atoms with Gasteiger partial charge in [-0.05, 0) is 61.0 Å². The van der Waals surface area contributed by atoms with Crippen molar-refractivity contribution >= 4 is 23.0 Å². The van der Waals surface area contributed by atoms with E-state index in [9.17, 15) is 4.39 Å². The summed E-state index contributed by atoms with van der Waals surface area (Å²) in [5.74, 6) is 1.16. The summed E-state index contributed by atoms with van der Waals surface area (Å²) in [6, 6.07) is 10.8. The molecule has 0 aromatic heterocycles. The summed E-state index contributed by atoms with van der Waals surface area (Å²) in [5.41, 5.74) is 2.37. The Morgan fingerprint density at radius 2 is 1.84 bits per heavy atom. The minimum atomic E-state index is -0.249. The van der Waals surface area contributed by atoms with Gasteiger partial charge in [0.2, 0.25) is 0 Å². The summed E-state index contributed by atoms with van der Waals surface area (Å²) in [5, 5.41) is 3.60. The number of methoxy groups -OCH3 is 2. The van der Waals surface area contributed by atoms with Gasteiger partial charge in [0, 0.05) is 19.3 Å². The van der Waals surface area contributed by atoms with Crippen LogP contribution in [-0.4, -0.2) is 37.8 Å². The molecule has 0 aliphatic heterocycles. The largest absolute Gasteiger partial charge is 0.493 e. The molecule has 2 aromatic rings. The Hall–Kier alpha value is -2.34. The minimum Gasteiger partial charge on any atom is -0.493 e. The predicted molar refractivity (Wildman–Crippen MR) is 103 cm³/mol. The van der Waals surface area contributed by atoms with Gasteiger partial charge in [-0.15, -0.1) is 0 Å². The normalized spacial score (nSPS) is 10.3. The molecule has 0 radical (unpaired) electrons. The van der Waals surface area contributed by atoms with Crippen molar-refractivity contribution in [3.8, 4) is 11.5 Å². The molecule has 25 heavy (non-hydrogen) atoms. The van der Waals surface area contributed by atoms with E-state index in [4.69, 9.17) is 21.7 Å². The third-order valence-corrected chi connectivity index (χ3v) is 4.37. The molecule has 6 heteroatoms. The van der Waals surface area contributed by atoms with Crippen LogP contribution in [0.3, 0.4) is 0 Å². The molecule has 0 spiro atoms. The first kappa shape index (κ1) is 19.0. The Morgan fingerprint density at radius 3 is 2.48 bits per heavy atom. The van der Waals surface area contributed by atoms with Crippen molar-refractivity contribution in [2.24, 2.45) is 0 Å². The monoisotopic (exact) mass is 362 g/mol. The third-order valence-electron chi connectivity index (χ3n) is 3.95. The van der Waals surface area contributed by atoms with E-state index >= 15 is 0 Å². The van der Waals surface area contributed by atoms with Crippen LogP contribution >= 0.6 is 12.2 Å². The molecule has 1 N–H and O–H groups in total. The van der Waals surface area contributed by atoms with E-state index in [-0.39, 0.29) is 5.82 Å². The molecule has 0 fully saturated rings. The number of nitrogens with one attached hydrogen (secondary N) is 1. The highest BCUT2D eigenvalue weighted by molar-refractivity contribution is 7.80. The number of likely N-dealkylation sites (N-methyl/N-ethyl adjacent to an activating group) is 1. The van der Waals surface area contributed by atoms with Gasteiger partial charge >= 0.3 is 0 Å². The molecule has 134 valence electrons. The van der Waals surface area contributed by atoms with E-state index in [2.05, 4.69) is 5.32 Å². The van der Waals surface area contributed by atoms with Crippen LogP contribution in [0.25, 0.3) is 0 Å². The van der Waals surface area contributed by atoms with E-state index in [0.29, 0.717) is 27.9 Å². The highest BCUT2D eigenvalue weighted by Crippen LogP contribution is 2.27. The van der Waals surface area contributed by atoms with E-state index < -0.39 is 0 Å². The van der Waals surface area contributed by atoms with Crippen LogP contribution in [0.2, 0.25) is 0 Å². The topological polar surface area (TPSA) is 33.7 Å². The van der Waals surface area contributed by atoms with Crippen molar-refractivity contribution in [3.05, 3.63) is 53.3 Å². The number of benzene rings is 2. The van der Waals surface area contributed by atoms with E-state index in [1.54, 1.807) is 27.2 Å². The van der Waals surface area contributed by atoms with Gasteiger partial charge in [-0.3, -0.25) is 0 Å². The number of rotatable bonds is 6. The molecule has 0 aliphatic carbocycles. The van der Waals surface area contributed by atoms with Crippen molar-refractivity contribution in [1.82, 2.24) is 4.90 Å². The summed E-state index contributed by atoms with van der Waals surface area (Å²) >= 11 is 5.39. The van der Waals surface area contributed by atoms with Gasteiger partial charge in [0.05, 0.1) is 14.2 Å². The van der Waals surface area contributed by atoms with Gasteiger partial charge < -0.3 is 19.7 Å². The summed E-state index contributed by atoms with van der Waals surface area (Å²) in [6.45, 7) is 2.45. The van der Waals surface area contributed by atoms with Gasteiger partial charge in [0.1, 0.15) is 5.82 Å². The fraction of sp³-hybridized carbons (Fsp3) is 0.316. The van der Waals surface area contributed by atoms with Crippen LogP contribution in [0.15, 0.2) is 36.4 Å². The van der Waals surface area contributed by atoms with Crippen molar-refractivity contribution in [2.45, 2.75) is 13.3 Å². The van der Waals surface area contributed by atoms with Gasteiger partial charge in [-0.1, -0.05) is 12.1 Å². The van der Waals surface area contributed by atoms with Crippen molar-refractivity contribution < 1.29 is 13.9 Å².